The predicted octanol–water partition coefficient (Wildman–Crippen LogP) is 1.27. The van der Waals surface area contributed by atoms with E-state index in [1.54, 1.807) is 12.1 Å². The minimum atomic E-state index is -0.522. The Morgan fingerprint density at radius 3 is 2.94 bits per heavy atom. The first-order valence-corrected chi connectivity index (χ1v) is 5.86. The fraction of sp³-hybridized carbons (Fsp3) is 0.417. The highest BCUT2D eigenvalue weighted by Gasteiger charge is 2.16. The lowest BCUT2D eigenvalue weighted by Crippen LogP contribution is -2.27. The van der Waals surface area contributed by atoms with E-state index in [4.69, 9.17) is 5.26 Å². The van der Waals surface area contributed by atoms with Gasteiger partial charge in [-0.2, -0.15) is 5.26 Å². The van der Waals surface area contributed by atoms with Crippen LogP contribution in [0.4, 0.5) is 11.4 Å². The Kier molecular flexibility index (Phi) is 3.75. The van der Waals surface area contributed by atoms with Crippen molar-refractivity contribution in [1.82, 2.24) is 5.32 Å². The summed E-state index contributed by atoms with van der Waals surface area (Å²) in [5.74, 6) is 0. The van der Waals surface area contributed by atoms with Gasteiger partial charge in [0.2, 0.25) is 0 Å². The molecule has 0 atom stereocenters. The molecule has 0 amide bonds. The van der Waals surface area contributed by atoms with Crippen LogP contribution in [-0.4, -0.2) is 31.1 Å². The Balaban J connectivity index is 2.29. The van der Waals surface area contributed by atoms with Crippen molar-refractivity contribution >= 4 is 11.4 Å². The number of benzene rings is 1. The number of hydrogen-bond acceptors (Lipinski definition) is 5. The molecule has 1 fully saturated rings. The number of hydrogen-bond donors (Lipinski definition) is 1. The molecule has 1 aliphatic heterocycles. The van der Waals surface area contributed by atoms with Gasteiger partial charge in [-0.1, -0.05) is 0 Å². The van der Waals surface area contributed by atoms with Crippen LogP contribution >= 0.6 is 0 Å². The third kappa shape index (κ3) is 2.57. The second-order valence-electron chi connectivity index (χ2n) is 4.16. The van der Waals surface area contributed by atoms with Gasteiger partial charge in [-0.05, 0) is 25.1 Å². The lowest BCUT2D eigenvalue weighted by molar-refractivity contribution is -0.385. The second kappa shape index (κ2) is 5.47. The highest BCUT2D eigenvalue weighted by molar-refractivity contribution is 5.59. The van der Waals surface area contributed by atoms with E-state index >= 15 is 0 Å². The van der Waals surface area contributed by atoms with Gasteiger partial charge in [0.05, 0.1) is 4.92 Å². The van der Waals surface area contributed by atoms with E-state index < -0.39 is 4.92 Å². The van der Waals surface area contributed by atoms with E-state index in [2.05, 4.69) is 10.2 Å². The van der Waals surface area contributed by atoms with Gasteiger partial charge in [0, 0.05) is 31.4 Å². The molecule has 1 aromatic carbocycles. The summed E-state index contributed by atoms with van der Waals surface area (Å²) in [7, 11) is 0. The Morgan fingerprint density at radius 2 is 2.22 bits per heavy atom. The first-order chi connectivity index (χ1) is 8.72. The standard InChI is InChI=1S/C12H14N4O2/c13-9-10-8-11(2-3-12(10)16(17)18)15-6-1-4-14-5-7-15/h2-3,8,14H,1,4-7H2. The summed E-state index contributed by atoms with van der Waals surface area (Å²) >= 11 is 0. The lowest BCUT2D eigenvalue weighted by atomic mass is 10.1. The number of nitriles is 1. The van der Waals surface area contributed by atoms with Crippen LogP contribution in [0.25, 0.3) is 0 Å². The molecular weight excluding hydrogens is 232 g/mol. The molecule has 0 radical (unpaired) electrons. The van der Waals surface area contributed by atoms with Crippen molar-refractivity contribution in [3.8, 4) is 6.07 Å². The summed E-state index contributed by atoms with van der Waals surface area (Å²) < 4.78 is 0. The minimum absolute atomic E-state index is 0.120. The van der Waals surface area contributed by atoms with Crippen molar-refractivity contribution in [3.05, 3.63) is 33.9 Å². The van der Waals surface area contributed by atoms with E-state index in [-0.39, 0.29) is 11.3 Å². The van der Waals surface area contributed by atoms with Gasteiger partial charge in [0.1, 0.15) is 11.6 Å². The van der Waals surface area contributed by atoms with Crippen molar-refractivity contribution in [1.29, 1.82) is 5.26 Å². The third-order valence-electron chi connectivity index (χ3n) is 3.00. The average molecular weight is 246 g/mol. The van der Waals surface area contributed by atoms with Gasteiger partial charge < -0.3 is 10.2 Å². The van der Waals surface area contributed by atoms with Gasteiger partial charge in [-0.3, -0.25) is 10.1 Å². The van der Waals surface area contributed by atoms with E-state index in [1.165, 1.54) is 6.07 Å². The van der Waals surface area contributed by atoms with Gasteiger partial charge in [-0.25, -0.2) is 0 Å². The Hall–Kier alpha value is -2.13. The minimum Gasteiger partial charge on any atom is -0.370 e. The van der Waals surface area contributed by atoms with Gasteiger partial charge in [0.15, 0.2) is 0 Å². The molecule has 0 bridgehead atoms. The molecule has 1 aromatic rings. The molecule has 0 unspecified atom stereocenters. The first kappa shape index (κ1) is 12.3. The Labute approximate surface area is 105 Å². The maximum Gasteiger partial charge on any atom is 0.287 e. The molecule has 18 heavy (non-hydrogen) atoms. The Morgan fingerprint density at radius 1 is 1.39 bits per heavy atom. The molecule has 0 spiro atoms. The summed E-state index contributed by atoms with van der Waals surface area (Å²) in [6.07, 6.45) is 1.03. The molecule has 1 N–H and O–H groups in total. The van der Waals surface area contributed by atoms with Crippen LogP contribution < -0.4 is 10.2 Å². The van der Waals surface area contributed by atoms with E-state index in [9.17, 15) is 10.1 Å². The van der Waals surface area contributed by atoms with Crippen LogP contribution in [0.5, 0.6) is 0 Å². The summed E-state index contributed by atoms with van der Waals surface area (Å²) in [5.41, 5.74) is 0.866. The van der Waals surface area contributed by atoms with Crippen LogP contribution in [0.2, 0.25) is 0 Å². The largest absolute Gasteiger partial charge is 0.370 e. The molecule has 0 saturated carbocycles. The zero-order chi connectivity index (χ0) is 13.0. The molecule has 2 rings (SSSR count). The fourth-order valence-corrected chi connectivity index (χ4v) is 2.07. The molecular formula is C12H14N4O2. The number of nitro benzene ring substituents is 1. The van der Waals surface area contributed by atoms with Crippen LogP contribution in [0.3, 0.4) is 0 Å². The lowest BCUT2D eigenvalue weighted by Gasteiger charge is -2.22. The third-order valence-corrected chi connectivity index (χ3v) is 3.00. The number of nitro groups is 1. The quantitative estimate of drug-likeness (QED) is 0.627. The van der Waals surface area contributed by atoms with Gasteiger partial charge in [0.25, 0.3) is 5.69 Å². The summed E-state index contributed by atoms with van der Waals surface area (Å²) in [5, 5.41) is 23.0. The zero-order valence-corrected chi connectivity index (χ0v) is 9.93. The number of nitrogens with zero attached hydrogens (tertiary/aromatic N) is 3. The number of nitrogens with one attached hydrogen (secondary N) is 1. The number of anilines is 1. The molecule has 0 aliphatic carbocycles. The van der Waals surface area contributed by atoms with Gasteiger partial charge >= 0.3 is 0 Å². The van der Waals surface area contributed by atoms with E-state index in [1.807, 2.05) is 6.07 Å². The predicted molar refractivity (Wildman–Crippen MR) is 67.5 cm³/mol. The van der Waals surface area contributed by atoms with Crippen molar-refractivity contribution in [3.63, 3.8) is 0 Å². The van der Waals surface area contributed by atoms with Crippen LogP contribution in [0.1, 0.15) is 12.0 Å². The van der Waals surface area contributed by atoms with Crippen molar-refractivity contribution in [2.24, 2.45) is 0 Å². The molecule has 1 heterocycles. The average Bonchev–Trinajstić information content (AvgIpc) is 2.66. The first-order valence-electron chi connectivity index (χ1n) is 5.86. The normalized spacial score (nSPS) is 15.8. The maximum absolute atomic E-state index is 10.8. The van der Waals surface area contributed by atoms with Crippen LogP contribution in [-0.2, 0) is 0 Å². The summed E-state index contributed by atoms with van der Waals surface area (Å²) in [6.45, 7) is 3.62. The van der Waals surface area contributed by atoms with Crippen LogP contribution in [0.15, 0.2) is 18.2 Å². The summed E-state index contributed by atoms with van der Waals surface area (Å²) in [4.78, 5) is 12.4. The second-order valence-corrected chi connectivity index (χ2v) is 4.16. The zero-order valence-electron chi connectivity index (χ0n) is 9.93. The van der Waals surface area contributed by atoms with Crippen molar-refractivity contribution in [2.45, 2.75) is 6.42 Å². The smallest absolute Gasteiger partial charge is 0.287 e. The van der Waals surface area contributed by atoms with Crippen molar-refractivity contribution in [2.75, 3.05) is 31.1 Å². The molecule has 6 heteroatoms. The topological polar surface area (TPSA) is 82.2 Å². The highest BCUT2D eigenvalue weighted by atomic mass is 16.6. The van der Waals surface area contributed by atoms with Crippen molar-refractivity contribution < 1.29 is 4.92 Å². The van der Waals surface area contributed by atoms with Gasteiger partial charge in [-0.15, -0.1) is 0 Å². The highest BCUT2D eigenvalue weighted by Crippen LogP contribution is 2.24. The van der Waals surface area contributed by atoms with Crippen LogP contribution in [0, 0.1) is 21.4 Å². The Bertz CT molecular complexity index is 487. The maximum atomic E-state index is 10.8. The SMILES string of the molecule is N#Cc1cc(N2CCCNCC2)ccc1[N+](=O)[O-]. The molecule has 0 aromatic heterocycles. The number of rotatable bonds is 2. The molecule has 6 nitrogen and oxygen atoms in total. The van der Waals surface area contributed by atoms with E-state index in [0.29, 0.717) is 0 Å². The molecule has 1 saturated heterocycles. The van der Waals surface area contributed by atoms with E-state index in [0.717, 1.165) is 38.3 Å². The molecule has 94 valence electrons. The molecule has 1 aliphatic rings. The summed E-state index contributed by atoms with van der Waals surface area (Å²) in [6, 6.07) is 6.61. The monoisotopic (exact) mass is 246 g/mol. The fourth-order valence-electron chi connectivity index (χ4n) is 2.07.